The van der Waals surface area contributed by atoms with Gasteiger partial charge in [-0.15, -0.1) is 0 Å². The van der Waals surface area contributed by atoms with Crippen molar-refractivity contribution >= 4 is 41.4 Å². The van der Waals surface area contributed by atoms with Crippen molar-refractivity contribution in [3.8, 4) is 0 Å². The van der Waals surface area contributed by atoms with E-state index >= 15 is 0 Å². The normalized spacial score (nSPS) is 19.3. The lowest BCUT2D eigenvalue weighted by Crippen LogP contribution is -2.58. The molecule has 2 aliphatic rings. The molecule has 0 radical (unpaired) electrons. The van der Waals surface area contributed by atoms with E-state index in [4.69, 9.17) is 4.74 Å². The SMILES string of the molecule is CCCC(NC(=O)C1CC(C)(C)CN1C(=O)C(NC(=O)OC(C)C(C)C)C1CCCCC1)C(=O)C(=O)NCC(=O)NC(C(=O)N(C)C)c1ccccc1. The minimum atomic E-state index is -1.21. The van der Waals surface area contributed by atoms with E-state index < -0.39 is 65.7 Å². The number of benzene rings is 1. The van der Waals surface area contributed by atoms with Crippen molar-refractivity contribution in [1.82, 2.24) is 31.1 Å². The van der Waals surface area contributed by atoms with E-state index in [1.54, 1.807) is 58.3 Å². The Bertz CT molecular complexity index is 1460. The molecule has 14 nitrogen and oxygen atoms in total. The first-order valence-corrected chi connectivity index (χ1v) is 18.9. The summed E-state index contributed by atoms with van der Waals surface area (Å²) >= 11 is 0. The number of hydrogen-bond acceptors (Lipinski definition) is 8. The minimum Gasteiger partial charge on any atom is -0.446 e. The smallest absolute Gasteiger partial charge is 0.408 e. The van der Waals surface area contributed by atoms with Gasteiger partial charge in [0.15, 0.2) is 0 Å². The molecule has 3 rings (SSSR count). The Balaban J connectivity index is 1.72. The number of carbonyl (C=O) groups is 7. The van der Waals surface area contributed by atoms with Crippen LogP contribution < -0.4 is 21.3 Å². The van der Waals surface area contributed by atoms with Gasteiger partial charge < -0.3 is 35.8 Å². The average molecular weight is 741 g/mol. The highest BCUT2D eigenvalue weighted by Gasteiger charge is 2.47. The second-order valence-corrected chi connectivity index (χ2v) is 15.8. The standard InChI is InChI=1S/C39H60N6O8/c1-9-16-28(33(47)35(49)40-22-30(46)42-31(36(50)44(7)8)26-17-12-10-13-18-26)41-34(48)29-21-39(5,6)23-45(29)37(51)32(27-19-14-11-15-20-27)43-38(52)53-25(4)24(2)3/h10,12-13,17-18,24-25,27-29,31-32H,9,11,14-16,19-23H2,1-8H3,(H,40,49)(H,41,48)(H,42,46)(H,43,52). The lowest BCUT2D eigenvalue weighted by molar-refractivity contribution is -0.143. The van der Waals surface area contributed by atoms with E-state index in [-0.39, 0.29) is 42.7 Å². The molecule has 5 atom stereocenters. The Kier molecular flexibility index (Phi) is 15.8. The Morgan fingerprint density at radius 2 is 1.57 bits per heavy atom. The van der Waals surface area contributed by atoms with E-state index in [2.05, 4.69) is 21.3 Å². The molecule has 0 aromatic heterocycles. The van der Waals surface area contributed by atoms with Crippen LogP contribution in [0.15, 0.2) is 30.3 Å². The summed E-state index contributed by atoms with van der Waals surface area (Å²) in [5.41, 5.74) is 0.110. The molecule has 4 N–H and O–H groups in total. The van der Waals surface area contributed by atoms with Crippen LogP contribution in [-0.4, -0.2) is 103 Å². The third-order valence-corrected chi connectivity index (χ3v) is 10.2. The molecule has 5 unspecified atom stereocenters. The van der Waals surface area contributed by atoms with E-state index in [1.165, 1.54) is 9.80 Å². The average Bonchev–Trinajstić information content (AvgIpc) is 3.46. The van der Waals surface area contributed by atoms with Crippen LogP contribution in [0.4, 0.5) is 4.79 Å². The number of alkyl carbamates (subject to hydrolysis) is 1. The van der Waals surface area contributed by atoms with Crippen molar-refractivity contribution in [2.45, 2.75) is 123 Å². The maximum atomic E-state index is 14.3. The van der Waals surface area contributed by atoms with Gasteiger partial charge in [-0.1, -0.05) is 90.6 Å². The molecule has 0 bridgehead atoms. The van der Waals surface area contributed by atoms with Crippen molar-refractivity contribution in [2.24, 2.45) is 17.3 Å². The third kappa shape index (κ3) is 12.3. The number of nitrogens with zero attached hydrogens (tertiary/aromatic N) is 2. The third-order valence-electron chi connectivity index (χ3n) is 10.2. The number of likely N-dealkylation sites (tertiary alicyclic amines) is 1. The van der Waals surface area contributed by atoms with E-state index in [1.807, 2.05) is 27.7 Å². The first-order chi connectivity index (χ1) is 24.9. The summed E-state index contributed by atoms with van der Waals surface area (Å²) < 4.78 is 5.57. The van der Waals surface area contributed by atoms with Crippen LogP contribution in [0.5, 0.6) is 0 Å². The van der Waals surface area contributed by atoms with Crippen molar-refractivity contribution in [3.63, 3.8) is 0 Å². The topological polar surface area (TPSA) is 183 Å². The van der Waals surface area contributed by atoms with Crippen LogP contribution in [0.25, 0.3) is 0 Å². The van der Waals surface area contributed by atoms with Crippen molar-refractivity contribution in [2.75, 3.05) is 27.2 Å². The van der Waals surface area contributed by atoms with Crippen LogP contribution in [0, 0.1) is 17.3 Å². The number of ketones is 1. The molecule has 1 heterocycles. The molecule has 1 aliphatic carbocycles. The number of nitrogens with one attached hydrogen (secondary N) is 4. The van der Waals surface area contributed by atoms with Crippen LogP contribution in [0.3, 0.4) is 0 Å². The molecular weight excluding hydrogens is 680 g/mol. The van der Waals surface area contributed by atoms with E-state index in [0.717, 1.165) is 32.1 Å². The monoisotopic (exact) mass is 740 g/mol. The van der Waals surface area contributed by atoms with Crippen molar-refractivity contribution < 1.29 is 38.3 Å². The molecule has 6 amide bonds. The van der Waals surface area contributed by atoms with Gasteiger partial charge in [-0.25, -0.2) is 4.79 Å². The predicted molar refractivity (Wildman–Crippen MR) is 199 cm³/mol. The molecule has 53 heavy (non-hydrogen) atoms. The number of likely N-dealkylation sites (N-methyl/N-ethyl adjacent to an activating group) is 1. The fourth-order valence-corrected chi connectivity index (χ4v) is 6.86. The summed E-state index contributed by atoms with van der Waals surface area (Å²) in [4.78, 5) is 96.2. The summed E-state index contributed by atoms with van der Waals surface area (Å²) in [6.07, 6.45) is 4.28. The number of rotatable bonds is 16. The number of carbonyl (C=O) groups excluding carboxylic acids is 7. The number of hydrogen-bond donors (Lipinski definition) is 4. The summed E-state index contributed by atoms with van der Waals surface area (Å²) in [5.74, 6) is -4.04. The Labute approximate surface area is 313 Å². The van der Waals surface area contributed by atoms with Gasteiger partial charge in [0.05, 0.1) is 12.6 Å². The van der Waals surface area contributed by atoms with Crippen LogP contribution in [0.2, 0.25) is 0 Å². The van der Waals surface area contributed by atoms with Crippen LogP contribution in [-0.2, 0) is 33.5 Å². The van der Waals surface area contributed by atoms with Gasteiger partial charge in [-0.2, -0.15) is 0 Å². The maximum Gasteiger partial charge on any atom is 0.408 e. The van der Waals surface area contributed by atoms with Crippen LogP contribution >= 0.6 is 0 Å². The molecule has 1 saturated heterocycles. The Hall–Kier alpha value is -4.49. The van der Waals surface area contributed by atoms with Gasteiger partial charge in [-0.3, -0.25) is 28.8 Å². The zero-order valence-corrected chi connectivity index (χ0v) is 32.7. The molecule has 294 valence electrons. The van der Waals surface area contributed by atoms with Gasteiger partial charge >= 0.3 is 6.09 Å². The molecule has 2 fully saturated rings. The summed E-state index contributed by atoms with van der Waals surface area (Å²) in [5, 5.41) is 10.5. The quantitative estimate of drug-likeness (QED) is 0.186. The fourth-order valence-electron chi connectivity index (χ4n) is 6.86. The number of Topliss-reactive ketones (excluding diaryl/α,β-unsaturated/α-hetero) is 1. The summed E-state index contributed by atoms with van der Waals surface area (Å²) in [6.45, 7) is 11.1. The van der Waals surface area contributed by atoms with Crippen LogP contribution in [0.1, 0.15) is 105 Å². The second kappa shape index (κ2) is 19.5. The molecular formula is C39H60N6O8. The lowest BCUT2D eigenvalue weighted by Gasteiger charge is -2.35. The summed E-state index contributed by atoms with van der Waals surface area (Å²) in [7, 11) is 3.12. The number of ether oxygens (including phenoxy) is 1. The van der Waals surface area contributed by atoms with Gasteiger partial charge in [0.25, 0.3) is 5.91 Å². The van der Waals surface area contributed by atoms with Gasteiger partial charge in [-0.05, 0) is 55.4 Å². The molecule has 1 saturated carbocycles. The Morgan fingerprint density at radius 1 is 0.925 bits per heavy atom. The highest BCUT2D eigenvalue weighted by molar-refractivity contribution is 6.38. The Morgan fingerprint density at radius 3 is 2.15 bits per heavy atom. The second-order valence-electron chi connectivity index (χ2n) is 15.8. The molecule has 0 spiro atoms. The highest BCUT2D eigenvalue weighted by Crippen LogP contribution is 2.36. The maximum absolute atomic E-state index is 14.3. The van der Waals surface area contributed by atoms with Gasteiger partial charge in [0.1, 0.15) is 24.2 Å². The van der Waals surface area contributed by atoms with E-state index in [9.17, 15) is 33.6 Å². The number of amides is 6. The first kappa shape index (κ1) is 42.9. The molecule has 1 aromatic carbocycles. The zero-order valence-electron chi connectivity index (χ0n) is 32.7. The predicted octanol–water partition coefficient (Wildman–Crippen LogP) is 3.25. The largest absolute Gasteiger partial charge is 0.446 e. The summed E-state index contributed by atoms with van der Waals surface area (Å²) in [6, 6.07) is 4.61. The highest BCUT2D eigenvalue weighted by atomic mass is 16.6. The molecule has 1 aliphatic heterocycles. The van der Waals surface area contributed by atoms with E-state index in [0.29, 0.717) is 18.4 Å². The minimum absolute atomic E-state index is 0.0841. The molecule has 14 heteroatoms. The zero-order chi connectivity index (χ0) is 39.5. The first-order valence-electron chi connectivity index (χ1n) is 18.9. The van der Waals surface area contributed by atoms with Crippen molar-refractivity contribution in [1.29, 1.82) is 0 Å². The fraction of sp³-hybridized carbons (Fsp3) is 0.667. The lowest BCUT2D eigenvalue weighted by atomic mass is 9.83. The van der Waals surface area contributed by atoms with Crippen molar-refractivity contribution in [3.05, 3.63) is 35.9 Å². The van der Waals surface area contributed by atoms with Gasteiger partial charge in [0.2, 0.25) is 29.4 Å². The molecule has 1 aromatic rings. The van der Waals surface area contributed by atoms with Gasteiger partial charge in [0, 0.05) is 20.6 Å².